The molecule has 2 aromatic heterocycles. The molecule has 4 heterocycles. The lowest BCUT2D eigenvalue weighted by Gasteiger charge is -2.41. The summed E-state index contributed by atoms with van der Waals surface area (Å²) in [6.45, 7) is 9.21. The number of thiophene rings is 2. The summed E-state index contributed by atoms with van der Waals surface area (Å²) in [5.74, 6) is 0. The Morgan fingerprint density at radius 3 is 1.36 bits per heavy atom. The predicted molar refractivity (Wildman–Crippen MR) is 294 cm³/mol. The predicted octanol–water partition coefficient (Wildman–Crippen LogP) is 16.2. The minimum absolute atomic E-state index is 0. The zero-order valence-electron chi connectivity index (χ0n) is 32.3. The molecule has 6 aromatic carbocycles. The molecular formula is C46H39Br2IN2S8. The van der Waals surface area contributed by atoms with Crippen molar-refractivity contribution in [3.63, 3.8) is 0 Å². The van der Waals surface area contributed by atoms with Crippen LogP contribution in [0.1, 0.15) is 49.9 Å². The number of rotatable bonds is 1. The molecule has 0 amide bonds. The summed E-state index contributed by atoms with van der Waals surface area (Å²) < 4.78 is 6.38. The van der Waals surface area contributed by atoms with Crippen LogP contribution in [-0.4, -0.2) is 0 Å². The molecule has 0 aliphatic carbocycles. The third-order valence-electron chi connectivity index (χ3n) is 10.3. The van der Waals surface area contributed by atoms with Gasteiger partial charge in [0, 0.05) is 100 Å². The first-order valence-electron chi connectivity index (χ1n) is 18.0. The summed E-state index contributed by atoms with van der Waals surface area (Å²) in [7, 11) is 0.917. The van der Waals surface area contributed by atoms with Crippen LogP contribution in [0.3, 0.4) is 0 Å². The van der Waals surface area contributed by atoms with Crippen LogP contribution in [-0.2, 0) is 64.5 Å². The molecule has 1 N–H and O–H groups in total. The highest BCUT2D eigenvalue weighted by Crippen LogP contribution is 2.55. The molecule has 10 rings (SSSR count). The minimum Gasteiger partial charge on any atom is -0.355 e. The maximum absolute atomic E-state index is 4.12. The first-order chi connectivity index (χ1) is 28.0. The summed E-state index contributed by atoms with van der Waals surface area (Å²) in [6, 6.07) is 51.7. The molecule has 0 radical (unpaired) electrons. The van der Waals surface area contributed by atoms with Gasteiger partial charge >= 0.3 is 0 Å². The Bertz CT molecular complexity index is 2660. The maximum Gasteiger partial charge on any atom is 0.116 e. The van der Waals surface area contributed by atoms with Crippen LogP contribution in [0.15, 0.2) is 155 Å². The zero-order valence-corrected chi connectivity index (χ0v) is 44.3. The monoisotopic (exact) mass is 1160 g/mol. The van der Waals surface area contributed by atoms with E-state index in [1.807, 2.05) is 22.7 Å². The smallest absolute Gasteiger partial charge is 0.116 e. The molecule has 2 nitrogen and oxygen atoms in total. The van der Waals surface area contributed by atoms with Crippen LogP contribution in [0.25, 0.3) is 20.2 Å². The number of anilines is 5. The van der Waals surface area contributed by atoms with Gasteiger partial charge in [-0.3, -0.25) is 0 Å². The van der Waals surface area contributed by atoms with Gasteiger partial charge in [0.1, 0.15) is 5.00 Å². The fraction of sp³-hybridized carbons (Fsp3) is 0.130. The lowest BCUT2D eigenvalue weighted by Crippen LogP contribution is -2.30. The Hall–Kier alpha value is -2.02. The Labute approximate surface area is 415 Å². The minimum atomic E-state index is -0.0210. The molecule has 0 saturated carbocycles. The van der Waals surface area contributed by atoms with Gasteiger partial charge in [-0.05, 0) is 113 Å². The van der Waals surface area contributed by atoms with Crippen molar-refractivity contribution < 1.29 is 0 Å². The number of benzene rings is 6. The van der Waals surface area contributed by atoms with E-state index < -0.39 is 0 Å². The van der Waals surface area contributed by atoms with E-state index in [9.17, 15) is 0 Å². The van der Waals surface area contributed by atoms with Crippen LogP contribution in [0.2, 0.25) is 0 Å². The number of halogens is 3. The van der Waals surface area contributed by atoms with E-state index in [1.165, 1.54) is 82.0 Å². The van der Waals surface area contributed by atoms with Crippen molar-refractivity contribution in [1.29, 1.82) is 0 Å². The Morgan fingerprint density at radius 1 is 0.542 bits per heavy atom. The van der Waals surface area contributed by atoms with Gasteiger partial charge in [0.15, 0.2) is 0 Å². The lowest BCUT2D eigenvalue weighted by molar-refractivity contribution is 0.632. The third kappa shape index (κ3) is 9.96. The fourth-order valence-electron chi connectivity index (χ4n) is 7.58. The molecule has 0 saturated heterocycles. The number of hydrogen-bond donors (Lipinski definition) is 1. The van der Waals surface area contributed by atoms with Crippen molar-refractivity contribution in [2.75, 3.05) is 10.2 Å². The molecule has 0 spiro atoms. The quantitative estimate of drug-likeness (QED) is 0.164. The van der Waals surface area contributed by atoms with Crippen LogP contribution >= 0.6 is 90.6 Å². The molecule has 0 atom stereocenters. The van der Waals surface area contributed by atoms with Gasteiger partial charge < -0.3 is 10.2 Å². The summed E-state index contributed by atoms with van der Waals surface area (Å²) in [5, 5.41) is 7.33. The van der Waals surface area contributed by atoms with Gasteiger partial charge in [0.25, 0.3) is 0 Å². The third-order valence-corrected chi connectivity index (χ3v) is 16.5. The first kappa shape index (κ1) is 48.0. The molecule has 8 aromatic rings. The topological polar surface area (TPSA) is 15.3 Å². The fourth-order valence-corrected chi connectivity index (χ4v) is 12.1. The SMILES string of the molecule is Brc1c(I)sc2ccccc12.CC1(C)c2ccccc2N(c2sc3ccccc3c2Br)c2ccccc21.CC1(C)c2ccccc2Nc2ccccc21.S.S=S.S=S=S. The second kappa shape index (κ2) is 21.4. The summed E-state index contributed by atoms with van der Waals surface area (Å²) >= 11 is 29.0. The number of fused-ring (bicyclic) bond motifs is 6. The van der Waals surface area contributed by atoms with Crippen LogP contribution in [0, 0.1) is 2.88 Å². The van der Waals surface area contributed by atoms with Gasteiger partial charge in [0.05, 0.1) is 18.7 Å². The molecule has 59 heavy (non-hydrogen) atoms. The van der Waals surface area contributed by atoms with E-state index in [4.69, 9.17) is 0 Å². The van der Waals surface area contributed by atoms with E-state index in [1.54, 1.807) is 0 Å². The van der Waals surface area contributed by atoms with Crippen molar-refractivity contribution in [1.82, 2.24) is 0 Å². The molecule has 302 valence electrons. The van der Waals surface area contributed by atoms with E-state index in [0.29, 0.717) is 0 Å². The summed E-state index contributed by atoms with van der Waals surface area (Å²) in [5.41, 5.74) is 10.5. The molecule has 2 aliphatic heterocycles. The number of nitrogens with zero attached hydrogens (tertiary/aromatic N) is 1. The highest BCUT2D eigenvalue weighted by atomic mass is 127. The van der Waals surface area contributed by atoms with Crippen LogP contribution < -0.4 is 10.2 Å². The van der Waals surface area contributed by atoms with Crippen LogP contribution in [0.5, 0.6) is 0 Å². The van der Waals surface area contributed by atoms with Gasteiger partial charge in [-0.25, -0.2) is 0 Å². The summed E-state index contributed by atoms with van der Waals surface area (Å²) in [6.07, 6.45) is 0. The average Bonchev–Trinajstić information content (AvgIpc) is 3.73. The van der Waals surface area contributed by atoms with E-state index in [0.717, 1.165) is 8.88 Å². The number of para-hydroxylation sites is 4. The Morgan fingerprint density at radius 2 is 0.898 bits per heavy atom. The normalized spacial score (nSPS) is 13.2. The maximum atomic E-state index is 4.12. The molecule has 0 unspecified atom stereocenters. The van der Waals surface area contributed by atoms with Gasteiger partial charge in [-0.1, -0.05) is 137 Å². The van der Waals surface area contributed by atoms with Gasteiger partial charge in [0.2, 0.25) is 0 Å². The van der Waals surface area contributed by atoms with E-state index in [-0.39, 0.29) is 24.3 Å². The second-order valence-electron chi connectivity index (χ2n) is 14.3. The van der Waals surface area contributed by atoms with Crippen molar-refractivity contribution in [3.8, 4) is 0 Å². The number of nitrogens with one attached hydrogen (secondary N) is 1. The van der Waals surface area contributed by atoms with Crippen LogP contribution in [0.4, 0.5) is 27.8 Å². The van der Waals surface area contributed by atoms with E-state index >= 15 is 0 Å². The summed E-state index contributed by atoms with van der Waals surface area (Å²) in [4.78, 5) is 2.42. The Balaban J connectivity index is 0.000000171. The highest BCUT2D eigenvalue weighted by molar-refractivity contribution is 14.1. The average molecular weight is 1160 g/mol. The molecule has 13 heteroatoms. The van der Waals surface area contributed by atoms with Crippen molar-refractivity contribution in [3.05, 3.63) is 180 Å². The molecule has 0 bridgehead atoms. The first-order valence-corrected chi connectivity index (χ1v) is 26.3. The van der Waals surface area contributed by atoms with Gasteiger partial charge in [-0.2, -0.15) is 13.5 Å². The van der Waals surface area contributed by atoms with Gasteiger partial charge in [-0.15, -0.1) is 22.7 Å². The van der Waals surface area contributed by atoms with Crippen molar-refractivity contribution >= 4 is 192 Å². The Kier molecular flexibility index (Phi) is 17.4. The molecule has 2 aliphatic rings. The molecular weight excluding hydrogens is 1120 g/mol. The zero-order chi connectivity index (χ0) is 41.6. The molecule has 0 fully saturated rings. The van der Waals surface area contributed by atoms with E-state index in [2.05, 4.69) is 283 Å². The number of hydrogen-bond acceptors (Lipinski definition) is 8. The van der Waals surface area contributed by atoms with Crippen molar-refractivity contribution in [2.45, 2.75) is 38.5 Å². The largest absolute Gasteiger partial charge is 0.355 e. The van der Waals surface area contributed by atoms with Crippen molar-refractivity contribution in [2.24, 2.45) is 0 Å². The highest BCUT2D eigenvalue weighted by Gasteiger charge is 2.37. The lowest BCUT2D eigenvalue weighted by atomic mass is 9.74. The standard InChI is InChI=1S/C23H18BrNS.C15H15N.C8H4BrIS.S3.S2.H2S/c1-23(2)16-10-4-6-12-18(16)25(19-13-7-5-11-17(19)23)22-21(24)15-9-3-8-14-20(15)26-22;1-15(2)11-7-3-5-9-13(11)16-14-10-6-4-8-12(14)15;9-7-5-3-1-2-4-6(5)11-8(7)10;1-3-2;1-2;/h3-14H,1-2H3;3-10,16H,1-2H3;1-4H;;;1H2. The second-order valence-corrected chi connectivity index (χ2v) is 21.6.